The predicted octanol–water partition coefficient (Wildman–Crippen LogP) is 5.31. The van der Waals surface area contributed by atoms with E-state index in [9.17, 15) is 18.0 Å². The molecule has 0 aliphatic rings. The molecule has 1 N–H and O–H groups in total. The monoisotopic (exact) mass is 563 g/mol. The van der Waals surface area contributed by atoms with Crippen molar-refractivity contribution in [1.82, 2.24) is 10.2 Å². The van der Waals surface area contributed by atoms with Crippen LogP contribution in [0.3, 0.4) is 0 Å². The van der Waals surface area contributed by atoms with Gasteiger partial charge >= 0.3 is 0 Å². The Morgan fingerprint density at radius 3 is 1.90 bits per heavy atom. The summed E-state index contributed by atoms with van der Waals surface area (Å²) in [7, 11) is -4.10. The molecule has 0 aliphatic carbocycles. The van der Waals surface area contributed by atoms with E-state index in [0.717, 1.165) is 32.1 Å². The molecule has 3 aromatic rings. The molecule has 0 radical (unpaired) electrons. The van der Waals surface area contributed by atoms with Crippen LogP contribution in [0.25, 0.3) is 0 Å². The van der Waals surface area contributed by atoms with Gasteiger partial charge in [0.25, 0.3) is 10.0 Å². The van der Waals surface area contributed by atoms with E-state index in [-0.39, 0.29) is 23.3 Å². The molecule has 0 fully saturated rings. The van der Waals surface area contributed by atoms with Crippen LogP contribution in [0, 0.1) is 33.6 Å². The Morgan fingerprint density at radius 2 is 1.35 bits per heavy atom. The van der Waals surface area contributed by atoms with Crippen molar-refractivity contribution in [3.63, 3.8) is 0 Å². The van der Waals surface area contributed by atoms with Gasteiger partial charge in [-0.3, -0.25) is 13.9 Å². The lowest BCUT2D eigenvalue weighted by atomic mass is 10.1. The van der Waals surface area contributed by atoms with E-state index in [2.05, 4.69) is 5.32 Å². The van der Waals surface area contributed by atoms with Crippen LogP contribution < -0.4 is 9.62 Å². The van der Waals surface area contributed by atoms with Crippen molar-refractivity contribution in [3.8, 4) is 0 Å². The van der Waals surface area contributed by atoms with Crippen LogP contribution in [0.5, 0.6) is 0 Å². The third kappa shape index (κ3) is 7.72. The first-order valence-electron chi connectivity index (χ1n) is 13.6. The fraction of sp³-hybridized carbons (Fsp3) is 0.375. The molecular weight excluding hydrogens is 522 g/mol. The van der Waals surface area contributed by atoms with Crippen molar-refractivity contribution in [1.29, 1.82) is 0 Å². The highest BCUT2D eigenvalue weighted by molar-refractivity contribution is 7.92. The summed E-state index contributed by atoms with van der Waals surface area (Å²) in [5.41, 5.74) is 5.00. The van der Waals surface area contributed by atoms with Gasteiger partial charge in [-0.05, 0) is 69.9 Å². The molecule has 2 amide bonds. The highest BCUT2D eigenvalue weighted by Crippen LogP contribution is 2.28. The number of amides is 2. The quantitative estimate of drug-likeness (QED) is 0.343. The Morgan fingerprint density at radius 1 is 0.800 bits per heavy atom. The van der Waals surface area contributed by atoms with Gasteiger partial charge in [0.1, 0.15) is 12.6 Å². The number of sulfonamides is 1. The van der Waals surface area contributed by atoms with E-state index in [1.807, 2.05) is 77.9 Å². The number of benzene rings is 3. The first-order valence-corrected chi connectivity index (χ1v) is 15.0. The molecule has 0 heterocycles. The largest absolute Gasteiger partial charge is 0.354 e. The van der Waals surface area contributed by atoms with Crippen molar-refractivity contribution in [2.45, 2.75) is 65.9 Å². The summed E-state index contributed by atoms with van der Waals surface area (Å²) >= 11 is 0. The molecule has 8 heteroatoms. The van der Waals surface area contributed by atoms with E-state index < -0.39 is 28.5 Å². The minimum atomic E-state index is -4.10. The zero-order valence-electron chi connectivity index (χ0n) is 24.6. The maximum absolute atomic E-state index is 14.0. The van der Waals surface area contributed by atoms with Gasteiger partial charge in [-0.2, -0.15) is 0 Å². The highest BCUT2D eigenvalue weighted by Gasteiger charge is 2.33. The van der Waals surface area contributed by atoms with E-state index in [4.69, 9.17) is 0 Å². The first-order chi connectivity index (χ1) is 18.8. The smallest absolute Gasteiger partial charge is 0.264 e. The fourth-order valence-corrected chi connectivity index (χ4v) is 5.84. The van der Waals surface area contributed by atoms with E-state index in [1.54, 1.807) is 37.3 Å². The molecule has 1 atom stereocenters. The van der Waals surface area contributed by atoms with Crippen molar-refractivity contribution in [3.05, 3.63) is 94.5 Å². The predicted molar refractivity (Wildman–Crippen MR) is 161 cm³/mol. The summed E-state index contributed by atoms with van der Waals surface area (Å²) in [5, 5.41) is 2.91. The van der Waals surface area contributed by atoms with Crippen LogP contribution in [0.1, 0.15) is 48.6 Å². The van der Waals surface area contributed by atoms with Gasteiger partial charge in [0.15, 0.2) is 0 Å². The van der Waals surface area contributed by atoms with Gasteiger partial charge in [-0.25, -0.2) is 8.42 Å². The van der Waals surface area contributed by atoms with Crippen LogP contribution >= 0.6 is 0 Å². The number of rotatable bonds is 11. The molecule has 0 saturated heterocycles. The number of nitrogens with zero attached hydrogens (tertiary/aromatic N) is 2. The van der Waals surface area contributed by atoms with Crippen molar-refractivity contribution in [2.75, 3.05) is 17.4 Å². The maximum Gasteiger partial charge on any atom is 0.264 e. The normalized spacial score (nSPS) is 12.2. The van der Waals surface area contributed by atoms with E-state index in [0.29, 0.717) is 12.2 Å². The lowest BCUT2D eigenvalue weighted by molar-refractivity contribution is -0.139. The summed E-state index contributed by atoms with van der Waals surface area (Å²) in [5.74, 6) is -0.505. The molecule has 40 heavy (non-hydrogen) atoms. The number of carbonyl (C=O) groups excluding carboxylic acids is 2. The number of nitrogens with one attached hydrogen (secondary N) is 1. The number of aryl methyl sites for hydroxylation is 4. The first kappa shape index (κ1) is 30.9. The van der Waals surface area contributed by atoms with Crippen LogP contribution in [0.15, 0.2) is 71.6 Å². The zero-order valence-corrected chi connectivity index (χ0v) is 25.4. The van der Waals surface area contributed by atoms with Crippen LogP contribution in [0.4, 0.5) is 5.69 Å². The number of hydrogen-bond donors (Lipinski definition) is 1. The average molecular weight is 564 g/mol. The topological polar surface area (TPSA) is 86.8 Å². The Kier molecular flexibility index (Phi) is 10.1. The molecule has 0 aromatic heterocycles. The van der Waals surface area contributed by atoms with E-state index >= 15 is 0 Å². The second kappa shape index (κ2) is 13.1. The number of hydrogen-bond acceptors (Lipinski definition) is 4. The molecule has 3 aromatic carbocycles. The second-order valence-electron chi connectivity index (χ2n) is 10.9. The van der Waals surface area contributed by atoms with E-state index in [1.165, 1.54) is 4.90 Å². The standard InChI is InChI=1S/C32H41N3O4S/c1-22(2)19-33-32(37)27(7)34(20-28-13-8-23(3)9-14-28)31(36)21-35(30-17-12-25(5)18-26(30)6)40(38,39)29-15-10-24(4)11-16-29/h8-18,22,27H,19-21H2,1-7H3,(H,33,37)/t27-/m1/s1. The van der Waals surface area contributed by atoms with Gasteiger partial charge in [0.2, 0.25) is 11.8 Å². The Hall–Kier alpha value is -3.65. The maximum atomic E-state index is 14.0. The molecule has 0 aliphatic heterocycles. The van der Waals surface area contributed by atoms with Crippen LogP contribution in [0.2, 0.25) is 0 Å². The highest BCUT2D eigenvalue weighted by atomic mass is 32.2. The van der Waals surface area contributed by atoms with Gasteiger partial charge in [-0.15, -0.1) is 0 Å². The van der Waals surface area contributed by atoms with Gasteiger partial charge in [-0.1, -0.05) is 79.1 Å². The summed E-state index contributed by atoms with van der Waals surface area (Å²) in [6.07, 6.45) is 0. The molecule has 0 saturated carbocycles. The van der Waals surface area contributed by atoms with Crippen LogP contribution in [-0.4, -0.2) is 44.3 Å². The third-order valence-corrected chi connectivity index (χ3v) is 8.61. The SMILES string of the molecule is Cc1ccc(CN(C(=O)CN(c2ccc(C)cc2C)S(=O)(=O)c2ccc(C)cc2)[C@H](C)C(=O)NCC(C)C)cc1. The summed E-state index contributed by atoms with van der Waals surface area (Å²) < 4.78 is 29.1. The molecule has 7 nitrogen and oxygen atoms in total. The molecule has 3 rings (SSSR count). The zero-order chi connectivity index (χ0) is 29.6. The van der Waals surface area contributed by atoms with Gasteiger partial charge in [0, 0.05) is 13.1 Å². The summed E-state index contributed by atoms with van der Waals surface area (Å²) in [6, 6.07) is 19.0. The van der Waals surface area contributed by atoms with Crippen molar-refractivity contribution < 1.29 is 18.0 Å². The minimum absolute atomic E-state index is 0.0960. The lowest BCUT2D eigenvalue weighted by Gasteiger charge is -2.32. The lowest BCUT2D eigenvalue weighted by Crippen LogP contribution is -2.51. The summed E-state index contributed by atoms with van der Waals surface area (Å²) in [4.78, 5) is 28.7. The fourth-order valence-electron chi connectivity index (χ4n) is 4.36. The van der Waals surface area contributed by atoms with Gasteiger partial charge in [0.05, 0.1) is 10.6 Å². The Labute approximate surface area is 239 Å². The summed E-state index contributed by atoms with van der Waals surface area (Å²) in [6.45, 7) is 13.5. The number of carbonyl (C=O) groups is 2. The van der Waals surface area contributed by atoms with Crippen LogP contribution in [-0.2, 0) is 26.2 Å². The van der Waals surface area contributed by atoms with Crippen molar-refractivity contribution in [2.24, 2.45) is 5.92 Å². The Balaban J connectivity index is 2.04. The third-order valence-electron chi connectivity index (χ3n) is 6.83. The molecule has 214 valence electrons. The Bertz CT molecular complexity index is 1430. The minimum Gasteiger partial charge on any atom is -0.354 e. The molecule has 0 unspecified atom stereocenters. The second-order valence-corrected chi connectivity index (χ2v) is 12.8. The van der Waals surface area contributed by atoms with Crippen molar-refractivity contribution >= 4 is 27.5 Å². The molecular formula is C32H41N3O4S. The molecule has 0 spiro atoms. The van der Waals surface area contributed by atoms with Gasteiger partial charge < -0.3 is 10.2 Å². The molecule has 0 bridgehead atoms. The number of anilines is 1. The average Bonchev–Trinajstić information content (AvgIpc) is 2.90.